The molecular formula is C21H21Br2N3O. The maximum absolute atomic E-state index is 12.4. The Balaban J connectivity index is 1.54. The van der Waals surface area contributed by atoms with Gasteiger partial charge in [-0.2, -0.15) is 0 Å². The summed E-state index contributed by atoms with van der Waals surface area (Å²) < 4.78 is 1.66. The molecule has 0 spiro atoms. The minimum absolute atomic E-state index is 0.125. The van der Waals surface area contributed by atoms with Crippen molar-refractivity contribution in [1.29, 1.82) is 0 Å². The van der Waals surface area contributed by atoms with E-state index in [2.05, 4.69) is 72.3 Å². The zero-order valence-electron chi connectivity index (χ0n) is 15.1. The van der Waals surface area contributed by atoms with Crippen LogP contribution in [0.1, 0.15) is 48.3 Å². The minimum atomic E-state index is -0.125. The van der Waals surface area contributed by atoms with E-state index in [9.17, 15) is 4.79 Å². The third-order valence-electron chi connectivity index (χ3n) is 5.23. The first-order valence-corrected chi connectivity index (χ1v) is 10.8. The number of nitrogens with zero attached hydrogens (tertiary/aromatic N) is 1. The van der Waals surface area contributed by atoms with Gasteiger partial charge in [0.2, 0.25) is 0 Å². The highest BCUT2D eigenvalue weighted by Gasteiger charge is 2.13. The van der Waals surface area contributed by atoms with Crippen LogP contribution in [0.25, 0.3) is 10.9 Å². The molecule has 1 aliphatic carbocycles. The number of fused-ring (bicyclic) bond motifs is 2. The summed E-state index contributed by atoms with van der Waals surface area (Å²) in [4.78, 5) is 19.9. The lowest BCUT2D eigenvalue weighted by Gasteiger charge is -2.20. The first-order valence-electron chi connectivity index (χ1n) is 9.24. The highest BCUT2D eigenvalue weighted by Crippen LogP contribution is 2.26. The van der Waals surface area contributed by atoms with Gasteiger partial charge < -0.3 is 10.3 Å². The van der Waals surface area contributed by atoms with E-state index >= 15 is 0 Å². The van der Waals surface area contributed by atoms with Gasteiger partial charge in [-0.15, -0.1) is 0 Å². The Labute approximate surface area is 175 Å². The van der Waals surface area contributed by atoms with Gasteiger partial charge in [-0.3, -0.25) is 4.79 Å². The Morgan fingerprint density at radius 1 is 1.15 bits per heavy atom. The normalized spacial score (nSPS) is 14.9. The molecule has 1 atom stereocenters. The topological polar surface area (TPSA) is 57.8 Å². The number of H-pyrrole nitrogens is 1. The van der Waals surface area contributed by atoms with E-state index in [0.717, 1.165) is 8.95 Å². The molecule has 0 saturated carbocycles. The smallest absolute Gasteiger partial charge is 0.258 e. The van der Waals surface area contributed by atoms with Crippen LogP contribution in [0, 0.1) is 0 Å². The third-order valence-corrected chi connectivity index (χ3v) is 6.29. The molecule has 0 radical (unpaired) electrons. The Bertz CT molecular complexity index is 1060. The Hall–Kier alpha value is -1.50. The fourth-order valence-electron chi connectivity index (χ4n) is 3.69. The molecule has 0 saturated heterocycles. The van der Waals surface area contributed by atoms with Crippen molar-refractivity contribution in [3.05, 3.63) is 72.1 Å². The molecule has 27 heavy (non-hydrogen) atoms. The van der Waals surface area contributed by atoms with Crippen LogP contribution in [0.4, 0.5) is 0 Å². The van der Waals surface area contributed by atoms with E-state index in [1.54, 1.807) is 6.07 Å². The van der Waals surface area contributed by atoms with E-state index in [-0.39, 0.29) is 11.6 Å². The number of rotatable bonds is 4. The second kappa shape index (κ2) is 7.86. The maximum Gasteiger partial charge on any atom is 0.258 e. The fourth-order valence-corrected chi connectivity index (χ4v) is 5.00. The van der Waals surface area contributed by atoms with Crippen molar-refractivity contribution in [3.8, 4) is 0 Å². The molecule has 0 aliphatic heterocycles. The molecule has 4 nitrogen and oxygen atoms in total. The predicted molar refractivity (Wildman–Crippen MR) is 116 cm³/mol. The molecular weight excluding hydrogens is 470 g/mol. The van der Waals surface area contributed by atoms with Crippen LogP contribution in [0.3, 0.4) is 0 Å². The van der Waals surface area contributed by atoms with Crippen molar-refractivity contribution in [1.82, 2.24) is 15.3 Å². The number of benzene rings is 2. The zero-order valence-corrected chi connectivity index (χ0v) is 18.3. The van der Waals surface area contributed by atoms with E-state index in [1.807, 2.05) is 6.07 Å². The van der Waals surface area contributed by atoms with Crippen LogP contribution in [0.2, 0.25) is 0 Å². The molecule has 0 amide bonds. The van der Waals surface area contributed by atoms with Gasteiger partial charge in [-0.05, 0) is 77.4 Å². The fraction of sp³-hybridized carbons (Fsp3) is 0.333. The number of nitrogens with one attached hydrogen (secondary N) is 2. The number of aryl methyl sites for hydroxylation is 2. The second-order valence-electron chi connectivity index (χ2n) is 7.13. The number of halogens is 2. The first-order chi connectivity index (χ1) is 13.0. The lowest BCUT2D eigenvalue weighted by Crippen LogP contribution is -2.22. The maximum atomic E-state index is 12.4. The van der Waals surface area contributed by atoms with Gasteiger partial charge >= 0.3 is 0 Å². The molecule has 1 aliphatic rings. The highest BCUT2D eigenvalue weighted by molar-refractivity contribution is 9.11. The van der Waals surface area contributed by atoms with E-state index in [4.69, 9.17) is 0 Å². The van der Waals surface area contributed by atoms with Gasteiger partial charge in [0, 0.05) is 15.0 Å². The predicted octanol–water partition coefficient (Wildman–Crippen LogP) is 5.18. The summed E-state index contributed by atoms with van der Waals surface area (Å²) in [6.45, 7) is 2.66. The van der Waals surface area contributed by atoms with Crippen LogP contribution in [-0.4, -0.2) is 9.97 Å². The first kappa shape index (κ1) is 18.8. The van der Waals surface area contributed by atoms with Gasteiger partial charge in [-0.1, -0.05) is 34.1 Å². The molecule has 2 N–H and O–H groups in total. The quantitative estimate of drug-likeness (QED) is 0.529. The second-order valence-corrected chi connectivity index (χ2v) is 8.90. The highest BCUT2D eigenvalue weighted by atomic mass is 79.9. The monoisotopic (exact) mass is 489 g/mol. The van der Waals surface area contributed by atoms with Gasteiger partial charge in [0.05, 0.1) is 17.4 Å². The van der Waals surface area contributed by atoms with E-state index in [1.165, 1.54) is 42.4 Å². The third kappa shape index (κ3) is 4.03. The Morgan fingerprint density at radius 2 is 1.93 bits per heavy atom. The molecule has 1 heterocycles. The van der Waals surface area contributed by atoms with E-state index < -0.39 is 0 Å². The van der Waals surface area contributed by atoms with Crippen molar-refractivity contribution in [2.45, 2.75) is 45.2 Å². The number of aromatic nitrogens is 2. The number of aromatic amines is 1. The summed E-state index contributed by atoms with van der Waals surface area (Å²) >= 11 is 6.92. The van der Waals surface area contributed by atoms with Crippen molar-refractivity contribution < 1.29 is 0 Å². The molecule has 0 unspecified atom stereocenters. The summed E-state index contributed by atoms with van der Waals surface area (Å²) in [5.41, 5.74) is 4.82. The summed E-state index contributed by atoms with van der Waals surface area (Å²) in [5.74, 6) is 0.639. The van der Waals surface area contributed by atoms with Gasteiger partial charge in [-0.25, -0.2) is 4.98 Å². The Morgan fingerprint density at radius 3 is 2.74 bits per heavy atom. The van der Waals surface area contributed by atoms with E-state index in [0.29, 0.717) is 23.3 Å². The molecule has 6 heteroatoms. The lowest BCUT2D eigenvalue weighted by atomic mass is 9.89. The molecule has 0 bridgehead atoms. The largest absolute Gasteiger partial charge is 0.309 e. The molecule has 3 aromatic rings. The summed E-state index contributed by atoms with van der Waals surface area (Å²) in [6.07, 6.45) is 4.96. The van der Waals surface area contributed by atoms with Gasteiger partial charge in [0.1, 0.15) is 5.82 Å². The molecule has 0 fully saturated rings. The van der Waals surface area contributed by atoms with Crippen LogP contribution >= 0.6 is 31.9 Å². The zero-order chi connectivity index (χ0) is 19.0. The number of hydrogen-bond donors (Lipinski definition) is 2. The van der Waals surface area contributed by atoms with Crippen LogP contribution in [0.15, 0.2) is 44.1 Å². The molecule has 4 rings (SSSR count). The average molecular weight is 491 g/mol. The summed E-state index contributed by atoms with van der Waals surface area (Å²) in [6, 6.07) is 10.7. The van der Waals surface area contributed by atoms with Crippen LogP contribution in [-0.2, 0) is 19.4 Å². The van der Waals surface area contributed by atoms with Gasteiger partial charge in [0.15, 0.2) is 0 Å². The summed E-state index contributed by atoms with van der Waals surface area (Å²) in [7, 11) is 0. The standard InChI is InChI=1S/C21H21Br2N3O/c1-12(14-7-6-13-4-2-3-5-15(13)8-14)24-11-19-25-20-17(21(27)26-19)9-16(22)10-18(20)23/h6-10,12,24H,2-5,11H2,1H3,(H,25,26,27)/t12-/m0/s1. The van der Waals surface area contributed by atoms with Crippen molar-refractivity contribution in [3.63, 3.8) is 0 Å². The molecule has 2 aromatic carbocycles. The summed E-state index contributed by atoms with van der Waals surface area (Å²) in [5, 5.41) is 4.06. The molecule has 1 aromatic heterocycles. The van der Waals surface area contributed by atoms with Crippen molar-refractivity contribution in [2.75, 3.05) is 0 Å². The van der Waals surface area contributed by atoms with Crippen molar-refractivity contribution in [2.24, 2.45) is 0 Å². The Kier molecular flexibility index (Phi) is 5.48. The van der Waals surface area contributed by atoms with Crippen molar-refractivity contribution >= 4 is 42.8 Å². The SMILES string of the molecule is C[C@H](NCc1nc2c(Br)cc(Br)cc2c(=O)[nH]1)c1ccc2c(c1)CCCC2. The lowest BCUT2D eigenvalue weighted by molar-refractivity contribution is 0.557. The number of hydrogen-bond acceptors (Lipinski definition) is 3. The molecule has 140 valence electrons. The average Bonchev–Trinajstić information content (AvgIpc) is 2.66. The van der Waals surface area contributed by atoms with Gasteiger partial charge in [0.25, 0.3) is 5.56 Å². The minimum Gasteiger partial charge on any atom is -0.309 e. The van der Waals surface area contributed by atoms with Crippen LogP contribution in [0.5, 0.6) is 0 Å². The van der Waals surface area contributed by atoms with Crippen LogP contribution < -0.4 is 10.9 Å².